The quantitative estimate of drug-likeness (QED) is 0.485. The molecular formula is C19H22ClFN6O2S. The van der Waals surface area contributed by atoms with Crippen molar-refractivity contribution in [2.24, 2.45) is 0 Å². The lowest BCUT2D eigenvalue weighted by molar-refractivity contribution is 0.220. The first-order valence-corrected chi connectivity index (χ1v) is 10.4. The van der Waals surface area contributed by atoms with Crippen LogP contribution in [-0.2, 0) is 0 Å². The van der Waals surface area contributed by atoms with Crippen LogP contribution in [0.5, 0.6) is 0 Å². The van der Waals surface area contributed by atoms with Crippen LogP contribution in [0.3, 0.4) is 0 Å². The van der Waals surface area contributed by atoms with Crippen molar-refractivity contribution in [3.05, 3.63) is 41.2 Å². The molecule has 0 unspecified atom stereocenters. The van der Waals surface area contributed by atoms with Gasteiger partial charge >= 0.3 is 6.03 Å². The Morgan fingerprint density at radius 1 is 1.23 bits per heavy atom. The highest BCUT2D eigenvalue weighted by Crippen LogP contribution is 2.30. The maximum atomic E-state index is 14.2. The first-order chi connectivity index (χ1) is 14.4. The second-order valence-corrected chi connectivity index (χ2v) is 7.99. The number of hydrogen-bond acceptors (Lipinski definition) is 7. The maximum Gasteiger partial charge on any atom is 0.321 e. The molecule has 3 rings (SSSR count). The van der Waals surface area contributed by atoms with Crippen molar-refractivity contribution < 1.29 is 14.3 Å². The van der Waals surface area contributed by atoms with Gasteiger partial charge in [0.05, 0.1) is 12.3 Å². The summed E-state index contributed by atoms with van der Waals surface area (Å²) in [6, 6.07) is 7.59. The van der Waals surface area contributed by atoms with Gasteiger partial charge in [-0.1, -0.05) is 22.9 Å². The molecule has 0 aliphatic carbocycles. The summed E-state index contributed by atoms with van der Waals surface area (Å²) < 4.78 is 14.2. The Labute approximate surface area is 182 Å². The Bertz CT molecular complexity index is 1030. The van der Waals surface area contributed by atoms with E-state index < -0.39 is 5.82 Å². The highest BCUT2D eigenvalue weighted by atomic mass is 35.5. The molecule has 30 heavy (non-hydrogen) atoms. The van der Waals surface area contributed by atoms with Crippen LogP contribution in [0.2, 0.25) is 5.02 Å². The van der Waals surface area contributed by atoms with E-state index in [0.29, 0.717) is 51.6 Å². The minimum atomic E-state index is -0.445. The first kappa shape index (κ1) is 22.2. The fourth-order valence-corrected chi connectivity index (χ4v) is 3.70. The van der Waals surface area contributed by atoms with Crippen LogP contribution in [0.4, 0.5) is 25.8 Å². The van der Waals surface area contributed by atoms with E-state index in [1.807, 2.05) is 11.9 Å². The molecule has 0 saturated carbocycles. The van der Waals surface area contributed by atoms with Gasteiger partial charge in [-0.2, -0.15) is 0 Å². The van der Waals surface area contributed by atoms with Crippen LogP contribution in [0.25, 0.3) is 10.3 Å². The van der Waals surface area contributed by atoms with Crippen molar-refractivity contribution in [1.29, 1.82) is 0 Å². The summed E-state index contributed by atoms with van der Waals surface area (Å²) in [5.41, 5.74) is 0.978. The van der Waals surface area contributed by atoms with Gasteiger partial charge in [-0.05, 0) is 37.4 Å². The predicted octanol–water partition coefficient (Wildman–Crippen LogP) is 3.30. The third-order valence-corrected chi connectivity index (χ3v) is 5.45. The number of nitrogens with zero attached hydrogens (tertiary/aromatic N) is 4. The lowest BCUT2D eigenvalue weighted by Gasteiger charge is -2.18. The summed E-state index contributed by atoms with van der Waals surface area (Å²) in [5, 5.41) is 15.0. The number of hydrogen-bond donors (Lipinski definition) is 3. The van der Waals surface area contributed by atoms with Crippen LogP contribution in [0, 0.1) is 5.82 Å². The van der Waals surface area contributed by atoms with Crippen molar-refractivity contribution in [3.8, 4) is 0 Å². The zero-order valence-electron chi connectivity index (χ0n) is 16.5. The number of anilines is 3. The third kappa shape index (κ3) is 5.54. The summed E-state index contributed by atoms with van der Waals surface area (Å²) in [6.07, 6.45) is 0. The zero-order valence-corrected chi connectivity index (χ0v) is 18.1. The number of carbonyl (C=O) groups excluding carboxylic acids is 1. The summed E-state index contributed by atoms with van der Waals surface area (Å²) in [6.45, 7) is 1.67. The average Bonchev–Trinajstić information content (AvgIpc) is 3.09. The number of nitrogens with one attached hydrogen (secondary N) is 2. The third-order valence-electron chi connectivity index (χ3n) is 4.34. The number of rotatable bonds is 8. The van der Waals surface area contributed by atoms with E-state index in [9.17, 15) is 9.18 Å². The van der Waals surface area contributed by atoms with Gasteiger partial charge in [-0.25, -0.2) is 19.2 Å². The van der Waals surface area contributed by atoms with Crippen molar-refractivity contribution in [2.45, 2.75) is 0 Å². The lowest BCUT2D eigenvalue weighted by Crippen LogP contribution is -2.36. The minimum Gasteiger partial charge on any atom is -0.395 e. The summed E-state index contributed by atoms with van der Waals surface area (Å²) >= 11 is 7.05. The number of halogens is 2. The van der Waals surface area contributed by atoms with Crippen LogP contribution >= 0.6 is 22.9 Å². The molecule has 0 fully saturated rings. The van der Waals surface area contributed by atoms with Crippen LogP contribution < -0.4 is 15.5 Å². The SMILES string of the molecule is CN(CCO)CCNC(=O)Nc1nc2ccc(N(C)c3ccc(Cl)cc3F)nc2s1. The van der Waals surface area contributed by atoms with E-state index in [2.05, 4.69) is 20.6 Å². The molecule has 0 spiro atoms. The largest absolute Gasteiger partial charge is 0.395 e. The molecule has 0 bridgehead atoms. The monoisotopic (exact) mass is 452 g/mol. The van der Waals surface area contributed by atoms with Gasteiger partial charge in [0.2, 0.25) is 0 Å². The minimum absolute atomic E-state index is 0.0727. The summed E-state index contributed by atoms with van der Waals surface area (Å²) in [5.74, 6) is 0.0927. The number of amides is 2. The number of pyridine rings is 1. The Morgan fingerprint density at radius 2 is 2.03 bits per heavy atom. The molecule has 8 nitrogen and oxygen atoms in total. The molecule has 0 atom stereocenters. The van der Waals surface area contributed by atoms with Crippen LogP contribution in [0.1, 0.15) is 0 Å². The van der Waals surface area contributed by atoms with E-state index in [0.717, 1.165) is 0 Å². The molecule has 2 amide bonds. The van der Waals surface area contributed by atoms with Gasteiger partial charge in [0, 0.05) is 31.7 Å². The van der Waals surface area contributed by atoms with E-state index in [-0.39, 0.29) is 12.6 Å². The van der Waals surface area contributed by atoms with Crippen LogP contribution in [0.15, 0.2) is 30.3 Å². The summed E-state index contributed by atoms with van der Waals surface area (Å²) in [7, 11) is 3.57. The van der Waals surface area contributed by atoms with Crippen molar-refractivity contribution in [2.75, 3.05) is 50.6 Å². The van der Waals surface area contributed by atoms with Crippen molar-refractivity contribution in [1.82, 2.24) is 20.2 Å². The number of fused-ring (bicyclic) bond motifs is 1. The number of urea groups is 1. The van der Waals surface area contributed by atoms with Crippen LogP contribution in [-0.4, -0.2) is 66.3 Å². The number of benzene rings is 1. The van der Waals surface area contributed by atoms with E-state index in [1.54, 1.807) is 36.2 Å². The van der Waals surface area contributed by atoms with Gasteiger partial charge in [-0.15, -0.1) is 0 Å². The normalized spacial score (nSPS) is 11.1. The van der Waals surface area contributed by atoms with E-state index >= 15 is 0 Å². The molecule has 0 saturated heterocycles. The zero-order chi connectivity index (χ0) is 21.7. The fraction of sp³-hybridized carbons (Fsp3) is 0.316. The second kappa shape index (κ2) is 9.98. The average molecular weight is 453 g/mol. The molecule has 3 N–H and O–H groups in total. The Kier molecular flexibility index (Phi) is 7.38. The lowest BCUT2D eigenvalue weighted by atomic mass is 10.2. The van der Waals surface area contributed by atoms with Crippen molar-refractivity contribution >= 4 is 56.0 Å². The number of aliphatic hydroxyl groups is 1. The molecule has 0 aliphatic heterocycles. The Balaban J connectivity index is 1.66. The number of aromatic nitrogens is 2. The van der Waals surface area contributed by atoms with E-state index in [4.69, 9.17) is 16.7 Å². The predicted molar refractivity (Wildman–Crippen MR) is 118 cm³/mol. The molecule has 1 aromatic carbocycles. The fourth-order valence-electron chi connectivity index (χ4n) is 2.71. The van der Waals surface area contributed by atoms with Gasteiger partial charge < -0.3 is 20.2 Å². The van der Waals surface area contributed by atoms with Gasteiger partial charge in [-0.3, -0.25) is 5.32 Å². The molecule has 160 valence electrons. The van der Waals surface area contributed by atoms with Gasteiger partial charge in [0.15, 0.2) is 5.13 Å². The molecule has 11 heteroatoms. The number of likely N-dealkylation sites (N-methyl/N-ethyl adjacent to an activating group) is 1. The first-order valence-electron chi connectivity index (χ1n) is 9.18. The molecule has 0 radical (unpaired) electrons. The molecule has 2 aromatic heterocycles. The smallest absolute Gasteiger partial charge is 0.321 e. The highest BCUT2D eigenvalue weighted by molar-refractivity contribution is 7.22. The molecule has 3 aromatic rings. The van der Waals surface area contributed by atoms with Crippen molar-refractivity contribution in [3.63, 3.8) is 0 Å². The number of aliphatic hydroxyl groups excluding tert-OH is 1. The topological polar surface area (TPSA) is 93.6 Å². The Morgan fingerprint density at radius 3 is 2.77 bits per heavy atom. The molecule has 2 heterocycles. The molecular weight excluding hydrogens is 431 g/mol. The maximum absolute atomic E-state index is 14.2. The highest BCUT2D eigenvalue weighted by Gasteiger charge is 2.14. The summed E-state index contributed by atoms with van der Waals surface area (Å²) in [4.78, 5) is 25.1. The number of carbonyl (C=O) groups is 1. The number of thiazole rings is 1. The molecule has 0 aliphatic rings. The second-order valence-electron chi connectivity index (χ2n) is 6.58. The van der Waals surface area contributed by atoms with E-state index in [1.165, 1.54) is 17.4 Å². The Hall–Kier alpha value is -2.53. The standard InChI is InChI=1S/C19H22ClFN6O2S/c1-26(9-10-28)8-7-22-18(29)25-19-23-14-4-6-16(24-17(14)30-19)27(2)15-5-3-12(20)11-13(15)21/h3-6,11,28H,7-10H2,1-2H3,(H2,22,23,25,29). The van der Waals surface area contributed by atoms with Gasteiger partial charge in [0.25, 0.3) is 0 Å². The van der Waals surface area contributed by atoms with Gasteiger partial charge in [0.1, 0.15) is 22.0 Å².